The number of urea groups is 1. The molecule has 2 aromatic rings. The number of carbonyl (C=O) groups excluding carboxylic acids is 1. The van der Waals surface area contributed by atoms with Crippen molar-refractivity contribution in [3.8, 4) is 0 Å². The lowest BCUT2D eigenvalue weighted by molar-refractivity contribution is 0.122. The van der Waals surface area contributed by atoms with Crippen LogP contribution in [-0.4, -0.2) is 44.3 Å². The molecule has 0 bridgehead atoms. The number of thiophene rings is 1. The van der Waals surface area contributed by atoms with Crippen LogP contribution in [0.5, 0.6) is 0 Å². The molecule has 1 fully saturated rings. The van der Waals surface area contributed by atoms with Crippen LogP contribution in [0.25, 0.3) is 0 Å². The number of halogens is 1. The van der Waals surface area contributed by atoms with Crippen LogP contribution < -0.4 is 10.2 Å². The van der Waals surface area contributed by atoms with Gasteiger partial charge in [0.05, 0.1) is 30.0 Å². The molecular formula is C18H22ClN3O2S. The molecule has 1 N–H and O–H groups in total. The number of amides is 2. The molecule has 0 spiro atoms. The van der Waals surface area contributed by atoms with E-state index in [0.717, 1.165) is 23.7 Å². The molecule has 3 rings (SSSR count). The molecule has 0 saturated carbocycles. The van der Waals surface area contributed by atoms with Crippen molar-refractivity contribution in [1.82, 2.24) is 4.90 Å². The minimum atomic E-state index is -0.179. The molecule has 1 aromatic heterocycles. The Kier molecular flexibility index (Phi) is 5.83. The highest BCUT2D eigenvalue weighted by Crippen LogP contribution is 2.29. The van der Waals surface area contributed by atoms with Gasteiger partial charge in [-0.1, -0.05) is 17.7 Å². The summed E-state index contributed by atoms with van der Waals surface area (Å²) in [5.41, 5.74) is 1.66. The lowest BCUT2D eigenvalue weighted by Crippen LogP contribution is -2.36. The number of rotatable bonds is 4. The summed E-state index contributed by atoms with van der Waals surface area (Å²) in [5, 5.41) is 5.48. The minimum Gasteiger partial charge on any atom is -0.378 e. The van der Waals surface area contributed by atoms with E-state index >= 15 is 0 Å². The van der Waals surface area contributed by atoms with Crippen LogP contribution in [0.1, 0.15) is 17.8 Å². The van der Waals surface area contributed by atoms with Crippen molar-refractivity contribution in [1.29, 1.82) is 0 Å². The van der Waals surface area contributed by atoms with Crippen molar-refractivity contribution in [2.45, 2.75) is 13.0 Å². The number of ether oxygens (including phenoxy) is 1. The Labute approximate surface area is 157 Å². The van der Waals surface area contributed by atoms with Gasteiger partial charge in [-0.25, -0.2) is 4.79 Å². The Balaban J connectivity index is 1.71. The SMILES string of the molecule is CC(c1cccs1)N(C)C(=O)Nc1cc(N2CCOCC2)ccc1Cl. The van der Waals surface area contributed by atoms with Gasteiger partial charge in [0.15, 0.2) is 0 Å². The Bertz CT molecular complexity index is 717. The second kappa shape index (κ2) is 8.08. The van der Waals surface area contributed by atoms with Gasteiger partial charge in [-0.05, 0) is 36.6 Å². The van der Waals surface area contributed by atoms with Crippen molar-refractivity contribution in [3.63, 3.8) is 0 Å². The zero-order valence-corrected chi connectivity index (χ0v) is 15.9. The summed E-state index contributed by atoms with van der Waals surface area (Å²) in [6.45, 7) is 5.11. The molecule has 1 aromatic carbocycles. The first kappa shape index (κ1) is 18.0. The van der Waals surface area contributed by atoms with Crippen molar-refractivity contribution < 1.29 is 9.53 Å². The third kappa shape index (κ3) is 4.26. The first-order chi connectivity index (χ1) is 12.1. The van der Waals surface area contributed by atoms with Crippen molar-refractivity contribution >= 4 is 40.3 Å². The minimum absolute atomic E-state index is 0.00111. The van der Waals surface area contributed by atoms with Gasteiger partial charge in [-0.15, -0.1) is 11.3 Å². The fourth-order valence-corrected chi connectivity index (χ4v) is 3.72. The van der Waals surface area contributed by atoms with E-state index in [1.54, 1.807) is 23.3 Å². The van der Waals surface area contributed by atoms with E-state index in [0.29, 0.717) is 23.9 Å². The third-order valence-electron chi connectivity index (χ3n) is 4.42. The number of nitrogens with one attached hydrogen (secondary N) is 1. The van der Waals surface area contributed by atoms with E-state index in [2.05, 4.69) is 10.2 Å². The number of hydrogen-bond donors (Lipinski definition) is 1. The summed E-state index contributed by atoms with van der Waals surface area (Å²) in [7, 11) is 1.79. The Morgan fingerprint density at radius 1 is 1.36 bits per heavy atom. The summed E-state index contributed by atoms with van der Waals surface area (Å²) in [6.07, 6.45) is 0. The first-order valence-corrected chi connectivity index (χ1v) is 9.51. The molecule has 1 unspecified atom stereocenters. The summed E-state index contributed by atoms with van der Waals surface area (Å²) in [6, 6.07) is 9.57. The molecule has 2 heterocycles. The van der Waals surface area contributed by atoms with Crippen LogP contribution in [-0.2, 0) is 4.74 Å². The predicted molar refractivity (Wildman–Crippen MR) is 104 cm³/mol. The molecule has 0 radical (unpaired) electrons. The molecule has 0 aliphatic carbocycles. The monoisotopic (exact) mass is 379 g/mol. The maximum absolute atomic E-state index is 12.6. The molecule has 1 aliphatic rings. The number of benzene rings is 1. The van der Waals surface area contributed by atoms with Crippen LogP contribution in [0.3, 0.4) is 0 Å². The highest BCUT2D eigenvalue weighted by molar-refractivity contribution is 7.10. The van der Waals surface area contributed by atoms with Crippen LogP contribution in [0.2, 0.25) is 5.02 Å². The Hall–Kier alpha value is -1.76. The van der Waals surface area contributed by atoms with E-state index in [1.165, 1.54) is 0 Å². The van der Waals surface area contributed by atoms with Gasteiger partial charge in [0.2, 0.25) is 0 Å². The Morgan fingerprint density at radius 2 is 2.12 bits per heavy atom. The van der Waals surface area contributed by atoms with Gasteiger partial charge in [0.1, 0.15) is 0 Å². The molecular weight excluding hydrogens is 358 g/mol. The maximum atomic E-state index is 12.6. The quantitative estimate of drug-likeness (QED) is 0.852. The molecule has 1 aliphatic heterocycles. The zero-order chi connectivity index (χ0) is 17.8. The fourth-order valence-electron chi connectivity index (χ4n) is 2.73. The third-order valence-corrected chi connectivity index (χ3v) is 5.80. The van der Waals surface area contributed by atoms with Gasteiger partial charge in [-0.2, -0.15) is 0 Å². The first-order valence-electron chi connectivity index (χ1n) is 8.25. The molecule has 134 valence electrons. The molecule has 7 heteroatoms. The number of hydrogen-bond acceptors (Lipinski definition) is 4. The molecule has 25 heavy (non-hydrogen) atoms. The van der Waals surface area contributed by atoms with Crippen LogP contribution in [0.15, 0.2) is 35.7 Å². The average molecular weight is 380 g/mol. The van der Waals surface area contributed by atoms with Crippen molar-refractivity contribution in [2.24, 2.45) is 0 Å². The average Bonchev–Trinajstić information content (AvgIpc) is 3.17. The number of morpholine rings is 1. The lowest BCUT2D eigenvalue weighted by Gasteiger charge is -2.29. The summed E-state index contributed by atoms with van der Waals surface area (Å²) in [5.74, 6) is 0. The fraction of sp³-hybridized carbons (Fsp3) is 0.389. The highest BCUT2D eigenvalue weighted by Gasteiger charge is 2.20. The van der Waals surface area contributed by atoms with E-state index in [1.807, 2.05) is 42.6 Å². The second-order valence-corrected chi connectivity index (χ2v) is 7.38. The number of nitrogens with zero attached hydrogens (tertiary/aromatic N) is 2. The second-order valence-electron chi connectivity index (χ2n) is 6.00. The molecule has 1 atom stereocenters. The van der Waals surface area contributed by atoms with Gasteiger partial charge >= 0.3 is 6.03 Å². The molecule has 2 amide bonds. The maximum Gasteiger partial charge on any atom is 0.322 e. The van der Waals surface area contributed by atoms with Gasteiger partial charge in [0.25, 0.3) is 0 Å². The number of carbonyl (C=O) groups is 1. The number of anilines is 2. The van der Waals surface area contributed by atoms with Crippen LogP contribution in [0, 0.1) is 0 Å². The van der Waals surface area contributed by atoms with Gasteiger partial charge < -0.3 is 19.9 Å². The topological polar surface area (TPSA) is 44.8 Å². The largest absolute Gasteiger partial charge is 0.378 e. The summed E-state index contributed by atoms with van der Waals surface area (Å²) < 4.78 is 5.39. The van der Waals surface area contributed by atoms with Gasteiger partial charge in [-0.3, -0.25) is 0 Å². The van der Waals surface area contributed by atoms with Gasteiger partial charge in [0, 0.05) is 30.7 Å². The standard InChI is InChI=1S/C18H22ClN3O2S/c1-13(17-4-3-11-25-17)21(2)18(23)20-16-12-14(5-6-15(16)19)22-7-9-24-10-8-22/h3-6,11-13H,7-10H2,1-2H3,(H,20,23). The zero-order valence-electron chi connectivity index (χ0n) is 14.4. The lowest BCUT2D eigenvalue weighted by atomic mass is 10.2. The van der Waals surface area contributed by atoms with E-state index in [-0.39, 0.29) is 12.1 Å². The Morgan fingerprint density at radius 3 is 2.80 bits per heavy atom. The molecule has 5 nitrogen and oxygen atoms in total. The summed E-state index contributed by atoms with van der Waals surface area (Å²) >= 11 is 7.93. The smallest absolute Gasteiger partial charge is 0.322 e. The van der Waals surface area contributed by atoms with E-state index in [9.17, 15) is 4.79 Å². The molecule has 1 saturated heterocycles. The van der Waals surface area contributed by atoms with Crippen LogP contribution >= 0.6 is 22.9 Å². The summed E-state index contributed by atoms with van der Waals surface area (Å²) in [4.78, 5) is 17.7. The van der Waals surface area contributed by atoms with Crippen molar-refractivity contribution in [2.75, 3.05) is 43.6 Å². The van der Waals surface area contributed by atoms with Crippen molar-refractivity contribution in [3.05, 3.63) is 45.6 Å². The van der Waals surface area contributed by atoms with E-state index < -0.39 is 0 Å². The normalized spacial score (nSPS) is 15.7. The van der Waals surface area contributed by atoms with E-state index in [4.69, 9.17) is 16.3 Å². The van der Waals surface area contributed by atoms with Crippen LogP contribution in [0.4, 0.5) is 16.2 Å². The highest BCUT2D eigenvalue weighted by atomic mass is 35.5. The predicted octanol–water partition coefficient (Wildman–Crippen LogP) is 4.46.